The van der Waals surface area contributed by atoms with Crippen molar-refractivity contribution in [3.05, 3.63) is 199 Å². The van der Waals surface area contributed by atoms with Gasteiger partial charge < -0.3 is 4.90 Å². The molecule has 0 aliphatic heterocycles. The average Bonchev–Trinajstić information content (AvgIpc) is 3.18. The van der Waals surface area contributed by atoms with Crippen molar-refractivity contribution in [2.24, 2.45) is 0 Å². The Hall–Kier alpha value is -6.18. The molecule has 1 aliphatic rings. The zero-order valence-electron chi connectivity index (χ0n) is 28.3. The Bertz CT molecular complexity index is 2460. The highest BCUT2D eigenvalue weighted by atomic mass is 15.1. The molecule has 0 radical (unpaired) electrons. The molecular formula is C49H37N. The molecule has 0 saturated carbocycles. The van der Waals surface area contributed by atoms with Gasteiger partial charge in [0, 0.05) is 22.5 Å². The summed E-state index contributed by atoms with van der Waals surface area (Å²) in [5.74, 6) is 0. The maximum absolute atomic E-state index is 2.43. The second-order valence-corrected chi connectivity index (χ2v) is 13.8. The largest absolute Gasteiger partial charge is 0.311 e. The third-order valence-corrected chi connectivity index (χ3v) is 10.5. The number of fused-ring (bicyclic) bond motifs is 2. The molecule has 0 amide bonds. The Morgan fingerprint density at radius 3 is 1.52 bits per heavy atom. The van der Waals surface area contributed by atoms with E-state index in [0.29, 0.717) is 0 Å². The Labute approximate surface area is 294 Å². The van der Waals surface area contributed by atoms with Crippen LogP contribution in [0.25, 0.3) is 55.3 Å². The van der Waals surface area contributed by atoms with Gasteiger partial charge in [-0.25, -0.2) is 0 Å². The molecule has 0 N–H and O–H groups in total. The predicted molar refractivity (Wildman–Crippen MR) is 213 cm³/mol. The van der Waals surface area contributed by atoms with Crippen LogP contribution < -0.4 is 4.90 Å². The topological polar surface area (TPSA) is 3.24 Å². The number of hydrogen-bond donors (Lipinski definition) is 0. The molecule has 0 fully saturated rings. The van der Waals surface area contributed by atoms with Gasteiger partial charge in [0.15, 0.2) is 0 Å². The number of nitrogens with zero attached hydrogens (tertiary/aromatic N) is 1. The van der Waals surface area contributed by atoms with E-state index in [1.165, 1.54) is 66.4 Å². The number of rotatable bonds is 6. The summed E-state index contributed by atoms with van der Waals surface area (Å²) in [6.45, 7) is 4.75. The minimum atomic E-state index is -0.119. The van der Waals surface area contributed by atoms with E-state index in [1.807, 2.05) is 0 Å². The highest BCUT2D eigenvalue weighted by Crippen LogP contribution is 2.52. The summed E-state index contributed by atoms with van der Waals surface area (Å²) in [4.78, 5) is 2.33. The summed E-state index contributed by atoms with van der Waals surface area (Å²) >= 11 is 0. The lowest BCUT2D eigenvalue weighted by molar-refractivity contribution is 0.645. The van der Waals surface area contributed by atoms with Crippen LogP contribution in [0.5, 0.6) is 0 Å². The van der Waals surface area contributed by atoms with Crippen molar-refractivity contribution in [1.82, 2.24) is 0 Å². The van der Waals surface area contributed by atoms with Crippen LogP contribution in [0.15, 0.2) is 188 Å². The van der Waals surface area contributed by atoms with Crippen LogP contribution in [0.3, 0.4) is 0 Å². The SMILES string of the molecule is CC1(C)c2ccc(-c3ccc(N(c4ccccc4)c4ccc(-c5ccccc5)cc4)cc3)cc2-c2c(-c3ccccc3)ccc3cccc1c23. The molecule has 0 bridgehead atoms. The van der Waals surface area contributed by atoms with Crippen LogP contribution in [0.1, 0.15) is 25.0 Å². The van der Waals surface area contributed by atoms with Gasteiger partial charge >= 0.3 is 0 Å². The Morgan fingerprint density at radius 2 is 0.880 bits per heavy atom. The number of benzene rings is 8. The molecule has 1 aliphatic carbocycles. The first-order chi connectivity index (χ1) is 24.6. The van der Waals surface area contributed by atoms with Gasteiger partial charge in [-0.3, -0.25) is 0 Å². The standard InChI is InChI=1S/C49H37N/c1-49(2)45-32-26-39(33-44(45)48-43(37-15-8-4-9-16-37)31-25-38-17-12-20-46(49)47(38)48)36-23-29-42(30-24-36)50(40-18-10-5-11-19-40)41-27-21-35(22-28-41)34-13-6-3-7-14-34/h3-33H,1-2H3. The van der Waals surface area contributed by atoms with E-state index in [-0.39, 0.29) is 5.41 Å². The smallest absolute Gasteiger partial charge is 0.0462 e. The molecule has 0 spiro atoms. The number of hydrogen-bond acceptors (Lipinski definition) is 1. The van der Waals surface area contributed by atoms with Gasteiger partial charge in [0.05, 0.1) is 0 Å². The second-order valence-electron chi connectivity index (χ2n) is 13.8. The second kappa shape index (κ2) is 12.1. The fourth-order valence-electron chi connectivity index (χ4n) is 7.92. The van der Waals surface area contributed by atoms with Crippen LogP contribution in [0.4, 0.5) is 17.1 Å². The van der Waals surface area contributed by atoms with E-state index in [2.05, 4.69) is 207 Å². The fraction of sp³-hybridized carbons (Fsp3) is 0.0612. The Kier molecular flexibility index (Phi) is 7.21. The Balaban J connectivity index is 1.14. The molecule has 1 heteroatoms. The predicted octanol–water partition coefficient (Wildman–Crippen LogP) is 13.6. The lowest BCUT2D eigenvalue weighted by atomic mass is 9.67. The van der Waals surface area contributed by atoms with E-state index in [0.717, 1.165) is 17.1 Å². The zero-order chi connectivity index (χ0) is 33.7. The first-order valence-electron chi connectivity index (χ1n) is 17.4. The van der Waals surface area contributed by atoms with Crippen LogP contribution in [-0.4, -0.2) is 0 Å². The van der Waals surface area contributed by atoms with Crippen LogP contribution in [0.2, 0.25) is 0 Å². The normalized spacial score (nSPS) is 12.8. The third kappa shape index (κ3) is 5.02. The molecule has 8 aromatic carbocycles. The van der Waals surface area contributed by atoms with E-state index >= 15 is 0 Å². The van der Waals surface area contributed by atoms with Gasteiger partial charge in [0.1, 0.15) is 0 Å². The molecule has 0 unspecified atom stereocenters. The third-order valence-electron chi connectivity index (χ3n) is 10.5. The highest BCUT2D eigenvalue weighted by Gasteiger charge is 2.34. The quantitative estimate of drug-likeness (QED) is 0.175. The van der Waals surface area contributed by atoms with Gasteiger partial charge in [-0.15, -0.1) is 0 Å². The molecule has 9 rings (SSSR count). The van der Waals surface area contributed by atoms with Crippen molar-refractivity contribution in [2.75, 3.05) is 4.90 Å². The van der Waals surface area contributed by atoms with Gasteiger partial charge in [-0.05, 0) is 109 Å². The van der Waals surface area contributed by atoms with E-state index in [4.69, 9.17) is 0 Å². The minimum Gasteiger partial charge on any atom is -0.311 e. The average molecular weight is 640 g/mol. The van der Waals surface area contributed by atoms with Gasteiger partial charge in [0.25, 0.3) is 0 Å². The highest BCUT2D eigenvalue weighted by molar-refractivity contribution is 6.09. The van der Waals surface area contributed by atoms with E-state index in [9.17, 15) is 0 Å². The molecule has 0 aromatic heterocycles. The summed E-state index contributed by atoms with van der Waals surface area (Å²) in [7, 11) is 0. The van der Waals surface area contributed by atoms with Crippen molar-refractivity contribution >= 4 is 27.8 Å². The summed E-state index contributed by atoms with van der Waals surface area (Å²) in [6.07, 6.45) is 0. The van der Waals surface area contributed by atoms with E-state index in [1.54, 1.807) is 0 Å². The van der Waals surface area contributed by atoms with E-state index < -0.39 is 0 Å². The Morgan fingerprint density at radius 1 is 0.360 bits per heavy atom. The first kappa shape index (κ1) is 29.9. The maximum atomic E-state index is 2.43. The molecule has 0 heterocycles. The first-order valence-corrected chi connectivity index (χ1v) is 17.4. The van der Waals surface area contributed by atoms with Crippen LogP contribution >= 0.6 is 0 Å². The van der Waals surface area contributed by atoms with Crippen LogP contribution in [0, 0.1) is 0 Å². The molecule has 1 nitrogen and oxygen atoms in total. The summed E-state index contributed by atoms with van der Waals surface area (Å²) in [6, 6.07) is 68.4. The van der Waals surface area contributed by atoms with Gasteiger partial charge in [-0.2, -0.15) is 0 Å². The molecule has 50 heavy (non-hydrogen) atoms. The number of anilines is 3. The lowest BCUT2D eigenvalue weighted by Gasteiger charge is -2.36. The van der Waals surface area contributed by atoms with Crippen LogP contribution in [-0.2, 0) is 5.41 Å². The van der Waals surface area contributed by atoms with Crippen molar-refractivity contribution in [3.63, 3.8) is 0 Å². The molecule has 238 valence electrons. The lowest BCUT2D eigenvalue weighted by Crippen LogP contribution is -2.24. The summed E-state index contributed by atoms with van der Waals surface area (Å²) < 4.78 is 0. The summed E-state index contributed by atoms with van der Waals surface area (Å²) in [5, 5.41) is 2.67. The minimum absolute atomic E-state index is 0.119. The van der Waals surface area contributed by atoms with Gasteiger partial charge in [-0.1, -0.05) is 159 Å². The molecular weight excluding hydrogens is 603 g/mol. The zero-order valence-corrected chi connectivity index (χ0v) is 28.3. The fourth-order valence-corrected chi connectivity index (χ4v) is 7.92. The maximum Gasteiger partial charge on any atom is 0.0462 e. The molecule has 0 atom stereocenters. The van der Waals surface area contributed by atoms with Crippen molar-refractivity contribution in [1.29, 1.82) is 0 Å². The van der Waals surface area contributed by atoms with Gasteiger partial charge in [0.2, 0.25) is 0 Å². The van der Waals surface area contributed by atoms with Crippen molar-refractivity contribution < 1.29 is 0 Å². The monoisotopic (exact) mass is 639 g/mol. The van der Waals surface area contributed by atoms with Crippen molar-refractivity contribution in [2.45, 2.75) is 19.3 Å². The molecule has 0 saturated heterocycles. The number of para-hydroxylation sites is 1. The summed E-state index contributed by atoms with van der Waals surface area (Å²) in [5.41, 5.74) is 16.1. The van der Waals surface area contributed by atoms with Crippen molar-refractivity contribution in [3.8, 4) is 44.5 Å². The molecule has 8 aromatic rings.